The Morgan fingerprint density at radius 3 is 2.16 bits per heavy atom. The van der Waals surface area contributed by atoms with Crippen molar-refractivity contribution >= 4 is 5.82 Å². The molecule has 4 heteroatoms. The molecular formula is C21H36N4. The minimum absolute atomic E-state index is 0.659. The molecule has 0 atom stereocenters. The fourth-order valence-corrected chi connectivity index (χ4v) is 2.12. The Hall–Kier alpha value is -1.94. The highest BCUT2D eigenvalue weighted by atomic mass is 15.0. The number of nitrogens with one attached hydrogen (secondary N) is 2. The van der Waals surface area contributed by atoms with Gasteiger partial charge in [0.25, 0.3) is 0 Å². The zero-order chi connectivity index (χ0) is 19.1. The molecule has 0 amide bonds. The van der Waals surface area contributed by atoms with Crippen molar-refractivity contribution in [3.05, 3.63) is 53.5 Å². The van der Waals surface area contributed by atoms with Crippen molar-refractivity contribution in [2.45, 2.75) is 53.9 Å². The number of aryl methyl sites for hydroxylation is 1. The molecule has 2 N–H and O–H groups in total. The maximum absolute atomic E-state index is 4.36. The summed E-state index contributed by atoms with van der Waals surface area (Å²) in [6, 6.07) is 12.5. The molecule has 0 bridgehead atoms. The molecule has 1 aromatic carbocycles. The summed E-state index contributed by atoms with van der Waals surface area (Å²) in [5.74, 6) is 2.37. The lowest BCUT2D eigenvalue weighted by Crippen LogP contribution is -2.17. The van der Waals surface area contributed by atoms with Gasteiger partial charge in [0.15, 0.2) is 0 Å². The zero-order valence-corrected chi connectivity index (χ0v) is 17.1. The molecule has 0 aliphatic heterocycles. The highest BCUT2D eigenvalue weighted by Crippen LogP contribution is 2.11. The molecule has 4 nitrogen and oxygen atoms in total. The minimum atomic E-state index is 0.659. The molecule has 0 aliphatic rings. The summed E-state index contributed by atoms with van der Waals surface area (Å²) < 4.78 is 0. The normalized spacial score (nSPS) is 9.60. The molecule has 0 saturated heterocycles. The van der Waals surface area contributed by atoms with Gasteiger partial charge in [-0.25, -0.2) is 9.97 Å². The Labute approximate surface area is 154 Å². The molecule has 0 unspecified atom stereocenters. The van der Waals surface area contributed by atoms with Crippen LogP contribution in [0.15, 0.2) is 36.4 Å². The van der Waals surface area contributed by atoms with Crippen LogP contribution >= 0.6 is 0 Å². The number of aromatic nitrogens is 2. The van der Waals surface area contributed by atoms with Crippen LogP contribution in [0.2, 0.25) is 0 Å². The predicted molar refractivity (Wildman–Crippen MR) is 110 cm³/mol. The van der Waals surface area contributed by atoms with E-state index in [0.717, 1.165) is 36.8 Å². The van der Waals surface area contributed by atoms with Gasteiger partial charge in [0.05, 0.1) is 0 Å². The number of anilines is 1. The van der Waals surface area contributed by atoms with Gasteiger partial charge >= 0.3 is 0 Å². The van der Waals surface area contributed by atoms with Gasteiger partial charge in [-0.3, -0.25) is 0 Å². The van der Waals surface area contributed by atoms with Crippen LogP contribution in [-0.2, 0) is 6.42 Å². The number of rotatable bonds is 6. The van der Waals surface area contributed by atoms with Crippen LogP contribution in [0.5, 0.6) is 0 Å². The Morgan fingerprint density at radius 1 is 1.04 bits per heavy atom. The molecule has 0 radical (unpaired) electrons. The summed E-state index contributed by atoms with van der Waals surface area (Å²) in [4.78, 5) is 8.60. The van der Waals surface area contributed by atoms with Crippen LogP contribution in [-0.4, -0.2) is 30.1 Å². The Morgan fingerprint density at radius 2 is 1.68 bits per heavy atom. The summed E-state index contributed by atoms with van der Waals surface area (Å²) in [5, 5.41) is 6.30. The average Bonchev–Trinajstić information content (AvgIpc) is 2.64. The highest BCUT2D eigenvalue weighted by molar-refractivity contribution is 5.35. The van der Waals surface area contributed by atoms with Crippen molar-refractivity contribution in [1.82, 2.24) is 15.3 Å². The van der Waals surface area contributed by atoms with Crippen LogP contribution in [0.4, 0.5) is 5.82 Å². The molecule has 1 heterocycles. The lowest BCUT2D eigenvalue weighted by Gasteiger charge is -2.05. The van der Waals surface area contributed by atoms with Crippen LogP contribution in [0.3, 0.4) is 0 Å². The van der Waals surface area contributed by atoms with Gasteiger partial charge in [-0.1, -0.05) is 65.0 Å². The Balaban J connectivity index is 0.000000451. The fourth-order valence-electron chi connectivity index (χ4n) is 2.12. The molecule has 2 rings (SSSR count). The molecule has 25 heavy (non-hydrogen) atoms. The van der Waals surface area contributed by atoms with Gasteiger partial charge in [-0.15, -0.1) is 0 Å². The second kappa shape index (κ2) is 14.4. The lowest BCUT2D eigenvalue weighted by molar-refractivity contribution is 0.705. The highest BCUT2D eigenvalue weighted by Gasteiger charge is 1.99. The van der Waals surface area contributed by atoms with Gasteiger partial charge in [-0.05, 0) is 24.9 Å². The second-order valence-electron chi connectivity index (χ2n) is 5.71. The summed E-state index contributed by atoms with van der Waals surface area (Å²) >= 11 is 0. The number of likely N-dealkylation sites (N-methyl/N-ethyl adjacent to an activating group) is 1. The van der Waals surface area contributed by atoms with Gasteiger partial charge in [0.2, 0.25) is 0 Å². The molecule has 0 fully saturated rings. The van der Waals surface area contributed by atoms with E-state index in [1.54, 1.807) is 0 Å². The van der Waals surface area contributed by atoms with E-state index in [4.69, 9.17) is 0 Å². The van der Waals surface area contributed by atoms with Gasteiger partial charge in [-0.2, -0.15) is 0 Å². The van der Waals surface area contributed by atoms with E-state index >= 15 is 0 Å². The first-order valence-electron chi connectivity index (χ1n) is 9.34. The third-order valence-corrected chi connectivity index (χ3v) is 3.42. The van der Waals surface area contributed by atoms with Crippen LogP contribution < -0.4 is 10.6 Å². The van der Waals surface area contributed by atoms with E-state index < -0.39 is 0 Å². The first kappa shape index (κ1) is 23.1. The summed E-state index contributed by atoms with van der Waals surface area (Å²) in [5.41, 5.74) is 2.50. The van der Waals surface area contributed by atoms with Crippen molar-refractivity contribution in [2.24, 2.45) is 0 Å². The predicted octanol–water partition coefficient (Wildman–Crippen LogP) is 4.81. The molecule has 0 spiro atoms. The minimum Gasteiger partial charge on any atom is -0.373 e. The van der Waals surface area contributed by atoms with Gasteiger partial charge in [0.1, 0.15) is 11.6 Å². The van der Waals surface area contributed by atoms with E-state index in [0.29, 0.717) is 5.92 Å². The first-order valence-corrected chi connectivity index (χ1v) is 9.34. The van der Waals surface area contributed by atoms with Crippen LogP contribution in [0.25, 0.3) is 0 Å². The second-order valence-corrected chi connectivity index (χ2v) is 5.71. The van der Waals surface area contributed by atoms with Crippen molar-refractivity contribution in [3.63, 3.8) is 0 Å². The van der Waals surface area contributed by atoms with Crippen molar-refractivity contribution in [3.8, 4) is 0 Å². The lowest BCUT2D eigenvalue weighted by atomic mass is 10.0. The third-order valence-electron chi connectivity index (χ3n) is 3.42. The molecule has 140 valence electrons. The largest absolute Gasteiger partial charge is 0.373 e. The molecule has 1 aromatic heterocycles. The maximum atomic E-state index is 4.36. The topological polar surface area (TPSA) is 49.8 Å². The van der Waals surface area contributed by atoms with E-state index in [-0.39, 0.29) is 0 Å². The van der Waals surface area contributed by atoms with Crippen LogP contribution in [0.1, 0.15) is 57.6 Å². The monoisotopic (exact) mass is 344 g/mol. The fraction of sp³-hybridized carbons (Fsp3) is 0.524. The first-order chi connectivity index (χ1) is 12.1. The molecular weight excluding hydrogens is 308 g/mol. The van der Waals surface area contributed by atoms with Gasteiger partial charge < -0.3 is 10.6 Å². The van der Waals surface area contributed by atoms with Crippen molar-refractivity contribution in [2.75, 3.05) is 25.5 Å². The molecule has 2 aromatic rings. The maximum Gasteiger partial charge on any atom is 0.129 e. The summed E-state index contributed by atoms with van der Waals surface area (Å²) in [6.07, 6.45) is 0.950. The Bertz CT molecular complexity index is 553. The zero-order valence-electron chi connectivity index (χ0n) is 17.1. The SMILES string of the molecule is CC.CC(C)c1ccccc1.CCNCCc1cc(NC)nc(C)n1. The van der Waals surface area contributed by atoms with Gasteiger partial charge in [0, 0.05) is 31.8 Å². The number of benzene rings is 1. The smallest absolute Gasteiger partial charge is 0.129 e. The number of hydrogen-bond donors (Lipinski definition) is 2. The van der Waals surface area contributed by atoms with Crippen molar-refractivity contribution < 1.29 is 0 Å². The van der Waals surface area contributed by atoms with E-state index in [1.807, 2.05) is 40.0 Å². The molecule has 0 saturated carbocycles. The molecule has 0 aliphatic carbocycles. The average molecular weight is 345 g/mol. The number of nitrogens with zero attached hydrogens (tertiary/aromatic N) is 2. The van der Waals surface area contributed by atoms with E-state index in [2.05, 4.69) is 65.6 Å². The van der Waals surface area contributed by atoms with E-state index in [1.165, 1.54) is 5.56 Å². The standard InChI is InChI=1S/C10H18N4.C9H12.C2H6/c1-4-12-6-5-9-7-10(11-3)14-8(2)13-9;1-8(2)9-6-4-3-5-7-9;1-2/h7,12H,4-6H2,1-3H3,(H,11,13,14);3-8H,1-2H3;1-2H3. The Kier molecular flexibility index (Phi) is 13.3. The van der Waals surface area contributed by atoms with Crippen molar-refractivity contribution in [1.29, 1.82) is 0 Å². The number of hydrogen-bond acceptors (Lipinski definition) is 4. The summed E-state index contributed by atoms with van der Waals surface area (Å²) in [7, 11) is 1.87. The van der Waals surface area contributed by atoms with Crippen LogP contribution in [0, 0.1) is 6.92 Å². The quantitative estimate of drug-likeness (QED) is 0.738. The third kappa shape index (κ3) is 10.5. The van der Waals surface area contributed by atoms with E-state index in [9.17, 15) is 0 Å². The summed E-state index contributed by atoms with van der Waals surface area (Å²) in [6.45, 7) is 14.4.